The molecule has 88 valence electrons. The second-order valence-corrected chi connectivity index (χ2v) is 5.10. The molecule has 3 nitrogen and oxygen atoms in total. The molecule has 2 aliphatic heterocycles. The first-order valence-electron chi connectivity index (χ1n) is 6.40. The topological polar surface area (TPSA) is 35.5 Å². The van der Waals surface area contributed by atoms with Crippen molar-refractivity contribution in [2.45, 2.75) is 44.8 Å². The van der Waals surface area contributed by atoms with E-state index in [2.05, 4.69) is 10.2 Å². The lowest BCUT2D eigenvalue weighted by atomic mass is 9.90. The molecule has 0 aromatic heterocycles. The quantitative estimate of drug-likeness (QED) is 0.712. The van der Waals surface area contributed by atoms with E-state index in [1.54, 1.807) is 0 Å². The molecule has 2 N–H and O–H groups in total. The summed E-state index contributed by atoms with van der Waals surface area (Å²) in [6.07, 6.45) is 4.86. The Labute approximate surface area is 92.8 Å². The summed E-state index contributed by atoms with van der Waals surface area (Å²) in [7, 11) is 0. The Hall–Kier alpha value is -0.120. The zero-order valence-electron chi connectivity index (χ0n) is 9.78. The Morgan fingerprint density at radius 1 is 1.13 bits per heavy atom. The van der Waals surface area contributed by atoms with Gasteiger partial charge < -0.3 is 15.3 Å². The monoisotopic (exact) mass is 212 g/mol. The fourth-order valence-corrected chi connectivity index (χ4v) is 2.94. The lowest BCUT2D eigenvalue weighted by molar-refractivity contribution is 0.0491. The normalized spacial score (nSPS) is 29.2. The van der Waals surface area contributed by atoms with E-state index in [4.69, 9.17) is 0 Å². The summed E-state index contributed by atoms with van der Waals surface area (Å²) in [6, 6.07) is 0.807. The maximum Gasteiger partial charge on any atom is 0.0541 e. The molecule has 0 amide bonds. The van der Waals surface area contributed by atoms with Crippen LogP contribution in [-0.4, -0.2) is 48.3 Å². The van der Waals surface area contributed by atoms with Gasteiger partial charge in [-0.1, -0.05) is 0 Å². The third-order valence-electron chi connectivity index (χ3n) is 4.08. The molecule has 0 saturated carbocycles. The van der Waals surface area contributed by atoms with Crippen LogP contribution < -0.4 is 5.32 Å². The van der Waals surface area contributed by atoms with Crippen LogP contribution in [0.5, 0.6) is 0 Å². The van der Waals surface area contributed by atoms with Crippen molar-refractivity contribution >= 4 is 0 Å². The summed E-state index contributed by atoms with van der Waals surface area (Å²) in [5.41, 5.74) is 0. The Morgan fingerprint density at radius 2 is 1.73 bits per heavy atom. The van der Waals surface area contributed by atoms with E-state index >= 15 is 0 Å². The Bertz CT molecular complexity index is 182. The number of aliphatic hydroxyl groups excluding tert-OH is 1. The minimum absolute atomic E-state index is 0.111. The highest BCUT2D eigenvalue weighted by molar-refractivity contribution is 4.83. The number of hydrogen-bond donors (Lipinski definition) is 2. The standard InChI is InChI=1S/C12H24N2O/c1-10(15)11-4-8-14(9-5-11)12-2-6-13-7-3-12/h10-13,15H,2-9H2,1H3/t10-/m0/s1. The first kappa shape index (κ1) is 11.4. The fourth-order valence-electron chi connectivity index (χ4n) is 2.94. The number of hydrogen-bond acceptors (Lipinski definition) is 3. The van der Waals surface area contributed by atoms with Gasteiger partial charge in [-0.25, -0.2) is 0 Å². The van der Waals surface area contributed by atoms with Gasteiger partial charge in [0.2, 0.25) is 0 Å². The van der Waals surface area contributed by atoms with Crippen LogP contribution in [0.3, 0.4) is 0 Å². The molecule has 0 unspecified atom stereocenters. The molecule has 3 heteroatoms. The van der Waals surface area contributed by atoms with Crippen LogP contribution in [0.25, 0.3) is 0 Å². The van der Waals surface area contributed by atoms with Crippen molar-refractivity contribution in [1.29, 1.82) is 0 Å². The lowest BCUT2D eigenvalue weighted by Crippen LogP contribution is -2.47. The lowest BCUT2D eigenvalue weighted by Gasteiger charge is -2.40. The molecule has 0 bridgehead atoms. The second-order valence-electron chi connectivity index (χ2n) is 5.10. The average Bonchev–Trinajstić information content (AvgIpc) is 2.30. The second kappa shape index (κ2) is 5.28. The van der Waals surface area contributed by atoms with Gasteiger partial charge in [0, 0.05) is 6.04 Å². The number of piperidine rings is 2. The highest BCUT2D eigenvalue weighted by Crippen LogP contribution is 2.24. The molecule has 0 radical (unpaired) electrons. The number of rotatable bonds is 2. The van der Waals surface area contributed by atoms with Gasteiger partial charge in [-0.3, -0.25) is 0 Å². The first-order valence-corrected chi connectivity index (χ1v) is 6.40. The number of aliphatic hydroxyl groups is 1. The van der Waals surface area contributed by atoms with Crippen molar-refractivity contribution in [3.63, 3.8) is 0 Å². The third-order valence-corrected chi connectivity index (χ3v) is 4.08. The first-order chi connectivity index (χ1) is 7.27. The zero-order chi connectivity index (χ0) is 10.7. The summed E-state index contributed by atoms with van der Waals surface area (Å²) >= 11 is 0. The highest BCUT2D eigenvalue weighted by Gasteiger charge is 2.27. The van der Waals surface area contributed by atoms with Gasteiger partial charge in [-0.2, -0.15) is 0 Å². The largest absolute Gasteiger partial charge is 0.393 e. The summed E-state index contributed by atoms with van der Waals surface area (Å²) in [4.78, 5) is 2.64. The molecule has 15 heavy (non-hydrogen) atoms. The third kappa shape index (κ3) is 2.92. The van der Waals surface area contributed by atoms with Crippen molar-refractivity contribution in [1.82, 2.24) is 10.2 Å². The minimum atomic E-state index is -0.111. The van der Waals surface area contributed by atoms with Crippen LogP contribution in [-0.2, 0) is 0 Å². The Kier molecular flexibility index (Phi) is 4.00. The van der Waals surface area contributed by atoms with Crippen LogP contribution in [0.15, 0.2) is 0 Å². The van der Waals surface area contributed by atoms with E-state index < -0.39 is 0 Å². The SMILES string of the molecule is C[C@H](O)C1CCN(C2CCNCC2)CC1. The van der Waals surface area contributed by atoms with Gasteiger partial charge in [0.25, 0.3) is 0 Å². The Balaban J connectivity index is 1.77. The fraction of sp³-hybridized carbons (Fsp3) is 1.00. The summed E-state index contributed by atoms with van der Waals surface area (Å²) in [6.45, 7) is 6.69. The molecule has 2 heterocycles. The van der Waals surface area contributed by atoms with Crippen molar-refractivity contribution in [2.24, 2.45) is 5.92 Å². The van der Waals surface area contributed by atoms with Crippen molar-refractivity contribution in [3.05, 3.63) is 0 Å². The molecule has 2 saturated heterocycles. The van der Waals surface area contributed by atoms with Crippen molar-refractivity contribution < 1.29 is 5.11 Å². The van der Waals surface area contributed by atoms with Crippen LogP contribution in [0.2, 0.25) is 0 Å². The Morgan fingerprint density at radius 3 is 2.27 bits per heavy atom. The van der Waals surface area contributed by atoms with Gasteiger partial charge >= 0.3 is 0 Å². The zero-order valence-corrected chi connectivity index (χ0v) is 9.78. The van der Waals surface area contributed by atoms with Crippen LogP contribution in [0.1, 0.15) is 32.6 Å². The molecule has 2 rings (SSSR count). The molecular weight excluding hydrogens is 188 g/mol. The summed E-state index contributed by atoms with van der Waals surface area (Å²) < 4.78 is 0. The molecular formula is C12H24N2O. The van der Waals surface area contributed by atoms with E-state index in [0.717, 1.165) is 6.04 Å². The predicted molar refractivity (Wildman–Crippen MR) is 61.9 cm³/mol. The number of nitrogens with zero attached hydrogens (tertiary/aromatic N) is 1. The van der Waals surface area contributed by atoms with Crippen LogP contribution >= 0.6 is 0 Å². The predicted octanol–water partition coefficient (Wildman–Crippen LogP) is 0.831. The van der Waals surface area contributed by atoms with E-state index in [9.17, 15) is 5.11 Å². The molecule has 0 aliphatic carbocycles. The van der Waals surface area contributed by atoms with Gasteiger partial charge in [0.15, 0.2) is 0 Å². The van der Waals surface area contributed by atoms with Crippen LogP contribution in [0, 0.1) is 5.92 Å². The summed E-state index contributed by atoms with van der Waals surface area (Å²) in [5.74, 6) is 0.544. The average molecular weight is 212 g/mol. The van der Waals surface area contributed by atoms with Gasteiger partial charge in [-0.05, 0) is 64.7 Å². The molecule has 1 atom stereocenters. The van der Waals surface area contributed by atoms with Gasteiger partial charge in [-0.15, -0.1) is 0 Å². The minimum Gasteiger partial charge on any atom is -0.393 e. The van der Waals surface area contributed by atoms with E-state index in [1.807, 2.05) is 6.92 Å². The van der Waals surface area contributed by atoms with Crippen molar-refractivity contribution in [3.8, 4) is 0 Å². The van der Waals surface area contributed by atoms with Crippen LogP contribution in [0.4, 0.5) is 0 Å². The highest BCUT2D eigenvalue weighted by atomic mass is 16.3. The maximum absolute atomic E-state index is 9.55. The molecule has 2 aliphatic rings. The van der Waals surface area contributed by atoms with Gasteiger partial charge in [0.05, 0.1) is 6.10 Å². The van der Waals surface area contributed by atoms with Gasteiger partial charge in [0.1, 0.15) is 0 Å². The number of likely N-dealkylation sites (tertiary alicyclic amines) is 1. The van der Waals surface area contributed by atoms with E-state index in [1.165, 1.54) is 51.9 Å². The molecule has 2 fully saturated rings. The van der Waals surface area contributed by atoms with E-state index in [-0.39, 0.29) is 6.10 Å². The maximum atomic E-state index is 9.55. The van der Waals surface area contributed by atoms with E-state index in [0.29, 0.717) is 5.92 Å². The smallest absolute Gasteiger partial charge is 0.0541 e. The molecule has 0 aromatic rings. The molecule has 0 spiro atoms. The number of nitrogens with one attached hydrogen (secondary N) is 1. The summed E-state index contributed by atoms with van der Waals surface area (Å²) in [5, 5.41) is 13.0. The molecule has 0 aromatic carbocycles. The van der Waals surface area contributed by atoms with Crippen molar-refractivity contribution in [2.75, 3.05) is 26.2 Å².